The van der Waals surface area contributed by atoms with Crippen LogP contribution in [-0.4, -0.2) is 18.0 Å². The number of ether oxygens (including phenoxy) is 1. The SMILES string of the molecule is COc1ccc(F)c(NC(=O)c2cccc3cc[nH]c23)c1. The first kappa shape index (κ1) is 13.2. The van der Waals surface area contributed by atoms with Crippen LogP contribution in [0.25, 0.3) is 10.9 Å². The summed E-state index contributed by atoms with van der Waals surface area (Å²) < 4.78 is 18.8. The van der Waals surface area contributed by atoms with Crippen molar-refractivity contribution >= 4 is 22.5 Å². The number of halogens is 1. The summed E-state index contributed by atoms with van der Waals surface area (Å²) >= 11 is 0. The van der Waals surface area contributed by atoms with Gasteiger partial charge in [-0.25, -0.2) is 4.39 Å². The number of carbonyl (C=O) groups excluding carboxylic acids is 1. The number of hydrogen-bond acceptors (Lipinski definition) is 2. The molecular formula is C16H13FN2O2. The first-order chi connectivity index (χ1) is 10.2. The summed E-state index contributed by atoms with van der Waals surface area (Å²) in [5.41, 5.74) is 1.26. The van der Waals surface area contributed by atoms with Crippen molar-refractivity contribution in [3.8, 4) is 5.75 Å². The van der Waals surface area contributed by atoms with Crippen LogP contribution >= 0.6 is 0 Å². The number of fused-ring (bicyclic) bond motifs is 1. The Labute approximate surface area is 120 Å². The van der Waals surface area contributed by atoms with Crippen molar-refractivity contribution in [1.29, 1.82) is 0 Å². The quantitative estimate of drug-likeness (QED) is 0.772. The Morgan fingerprint density at radius 3 is 2.90 bits per heavy atom. The highest BCUT2D eigenvalue weighted by atomic mass is 19.1. The molecule has 1 aromatic heterocycles. The maximum Gasteiger partial charge on any atom is 0.257 e. The Bertz CT molecular complexity index is 811. The van der Waals surface area contributed by atoms with E-state index >= 15 is 0 Å². The van der Waals surface area contributed by atoms with Gasteiger partial charge in [-0.15, -0.1) is 0 Å². The first-order valence-electron chi connectivity index (χ1n) is 6.40. The molecule has 0 fully saturated rings. The fourth-order valence-electron chi connectivity index (χ4n) is 2.19. The minimum absolute atomic E-state index is 0.0860. The van der Waals surface area contributed by atoms with Crippen LogP contribution in [0, 0.1) is 5.82 Å². The number of methoxy groups -OCH3 is 1. The topological polar surface area (TPSA) is 54.1 Å². The molecule has 1 amide bonds. The van der Waals surface area contributed by atoms with Crippen molar-refractivity contribution in [2.75, 3.05) is 12.4 Å². The predicted octanol–water partition coefficient (Wildman–Crippen LogP) is 3.57. The van der Waals surface area contributed by atoms with Crippen molar-refractivity contribution in [3.63, 3.8) is 0 Å². The van der Waals surface area contributed by atoms with Gasteiger partial charge in [-0.1, -0.05) is 12.1 Å². The molecule has 0 saturated carbocycles. The van der Waals surface area contributed by atoms with Gasteiger partial charge in [-0.3, -0.25) is 4.79 Å². The molecule has 4 nitrogen and oxygen atoms in total. The highest BCUT2D eigenvalue weighted by Gasteiger charge is 2.13. The van der Waals surface area contributed by atoms with Crippen LogP contribution in [-0.2, 0) is 0 Å². The number of anilines is 1. The molecule has 0 unspecified atom stereocenters. The van der Waals surface area contributed by atoms with Crippen molar-refractivity contribution in [2.45, 2.75) is 0 Å². The smallest absolute Gasteiger partial charge is 0.257 e. The molecule has 0 radical (unpaired) electrons. The molecule has 0 aliphatic carbocycles. The van der Waals surface area contributed by atoms with E-state index in [9.17, 15) is 9.18 Å². The number of carbonyl (C=O) groups is 1. The molecule has 0 bridgehead atoms. The minimum atomic E-state index is -0.511. The van der Waals surface area contributed by atoms with Crippen LogP contribution in [0.2, 0.25) is 0 Å². The third kappa shape index (κ3) is 2.45. The fraction of sp³-hybridized carbons (Fsp3) is 0.0625. The van der Waals surface area contributed by atoms with Crippen LogP contribution in [0.5, 0.6) is 5.75 Å². The molecule has 0 aliphatic rings. The van der Waals surface area contributed by atoms with E-state index in [1.807, 2.05) is 12.1 Å². The van der Waals surface area contributed by atoms with E-state index in [2.05, 4.69) is 10.3 Å². The number of hydrogen-bond donors (Lipinski definition) is 2. The third-order valence-corrected chi connectivity index (χ3v) is 3.25. The standard InChI is InChI=1S/C16H13FN2O2/c1-21-11-5-6-13(17)14(9-11)19-16(20)12-4-2-3-10-7-8-18-15(10)12/h2-9,18H,1H3,(H,19,20). The van der Waals surface area contributed by atoms with Gasteiger partial charge in [0.25, 0.3) is 5.91 Å². The number of para-hydroxylation sites is 1. The molecule has 1 heterocycles. The number of amides is 1. The zero-order valence-corrected chi connectivity index (χ0v) is 11.3. The van der Waals surface area contributed by atoms with E-state index in [1.165, 1.54) is 25.3 Å². The first-order valence-corrected chi connectivity index (χ1v) is 6.40. The molecule has 21 heavy (non-hydrogen) atoms. The van der Waals surface area contributed by atoms with E-state index in [0.29, 0.717) is 11.3 Å². The van der Waals surface area contributed by atoms with Crippen molar-refractivity contribution in [1.82, 2.24) is 4.98 Å². The molecule has 0 saturated heterocycles. The lowest BCUT2D eigenvalue weighted by molar-refractivity contribution is 0.102. The lowest BCUT2D eigenvalue weighted by atomic mass is 10.1. The van der Waals surface area contributed by atoms with Crippen LogP contribution in [0.1, 0.15) is 10.4 Å². The van der Waals surface area contributed by atoms with Gasteiger partial charge >= 0.3 is 0 Å². The van der Waals surface area contributed by atoms with Gasteiger partial charge in [-0.2, -0.15) is 0 Å². The summed E-state index contributed by atoms with van der Waals surface area (Å²) in [4.78, 5) is 15.4. The van der Waals surface area contributed by atoms with E-state index in [4.69, 9.17) is 4.74 Å². The van der Waals surface area contributed by atoms with Crippen LogP contribution in [0.15, 0.2) is 48.7 Å². The summed E-state index contributed by atoms with van der Waals surface area (Å²) in [6, 6.07) is 11.4. The Hall–Kier alpha value is -2.82. The second-order valence-corrected chi connectivity index (χ2v) is 4.55. The normalized spacial score (nSPS) is 10.6. The Kier molecular flexibility index (Phi) is 3.31. The number of aromatic nitrogens is 1. The maximum atomic E-state index is 13.8. The molecule has 0 aliphatic heterocycles. The van der Waals surface area contributed by atoms with Gasteiger partial charge in [-0.05, 0) is 24.3 Å². The van der Waals surface area contributed by atoms with Gasteiger partial charge < -0.3 is 15.0 Å². The Morgan fingerprint density at radius 1 is 1.24 bits per heavy atom. The van der Waals surface area contributed by atoms with Crippen molar-refractivity contribution in [3.05, 3.63) is 60.0 Å². The van der Waals surface area contributed by atoms with Gasteiger partial charge in [0.1, 0.15) is 11.6 Å². The fourth-order valence-corrected chi connectivity index (χ4v) is 2.19. The van der Waals surface area contributed by atoms with E-state index in [1.54, 1.807) is 18.3 Å². The molecule has 5 heteroatoms. The molecule has 106 valence electrons. The van der Waals surface area contributed by atoms with Gasteiger partial charge in [0.15, 0.2) is 0 Å². The molecule has 2 N–H and O–H groups in total. The summed E-state index contributed by atoms with van der Waals surface area (Å²) in [6.45, 7) is 0. The van der Waals surface area contributed by atoms with Crippen molar-refractivity contribution in [2.24, 2.45) is 0 Å². The number of rotatable bonds is 3. The Balaban J connectivity index is 1.95. The average molecular weight is 284 g/mol. The van der Waals surface area contributed by atoms with E-state index in [0.717, 1.165) is 10.9 Å². The largest absolute Gasteiger partial charge is 0.497 e. The average Bonchev–Trinajstić information content (AvgIpc) is 2.97. The summed E-state index contributed by atoms with van der Waals surface area (Å²) in [5.74, 6) is -0.414. The maximum absolute atomic E-state index is 13.8. The highest BCUT2D eigenvalue weighted by Crippen LogP contribution is 2.23. The number of H-pyrrole nitrogens is 1. The molecule has 3 rings (SSSR count). The summed E-state index contributed by atoms with van der Waals surface area (Å²) in [7, 11) is 1.48. The molecule has 0 spiro atoms. The summed E-state index contributed by atoms with van der Waals surface area (Å²) in [5, 5.41) is 3.49. The number of nitrogens with one attached hydrogen (secondary N) is 2. The van der Waals surface area contributed by atoms with Crippen LogP contribution in [0.3, 0.4) is 0 Å². The van der Waals surface area contributed by atoms with Crippen LogP contribution in [0.4, 0.5) is 10.1 Å². The molecule has 2 aromatic carbocycles. The van der Waals surface area contributed by atoms with Crippen LogP contribution < -0.4 is 10.1 Å². The minimum Gasteiger partial charge on any atom is -0.497 e. The monoisotopic (exact) mass is 284 g/mol. The number of aromatic amines is 1. The zero-order chi connectivity index (χ0) is 14.8. The van der Waals surface area contributed by atoms with Gasteiger partial charge in [0.05, 0.1) is 23.9 Å². The Morgan fingerprint density at radius 2 is 2.10 bits per heavy atom. The molecule has 3 aromatic rings. The highest BCUT2D eigenvalue weighted by molar-refractivity contribution is 6.12. The van der Waals surface area contributed by atoms with Gasteiger partial charge in [0.2, 0.25) is 0 Å². The lowest BCUT2D eigenvalue weighted by Crippen LogP contribution is -2.13. The van der Waals surface area contributed by atoms with E-state index < -0.39 is 5.82 Å². The zero-order valence-electron chi connectivity index (χ0n) is 11.3. The molecule has 0 atom stereocenters. The lowest BCUT2D eigenvalue weighted by Gasteiger charge is -2.09. The number of benzene rings is 2. The third-order valence-electron chi connectivity index (χ3n) is 3.25. The van der Waals surface area contributed by atoms with Crippen molar-refractivity contribution < 1.29 is 13.9 Å². The second-order valence-electron chi connectivity index (χ2n) is 4.55. The van der Waals surface area contributed by atoms with Gasteiger partial charge in [0, 0.05) is 17.6 Å². The second kappa shape index (κ2) is 5.28. The predicted molar refractivity (Wildman–Crippen MR) is 79.2 cm³/mol. The molecular weight excluding hydrogens is 271 g/mol. The van der Waals surface area contributed by atoms with E-state index in [-0.39, 0.29) is 11.6 Å². The summed E-state index contributed by atoms with van der Waals surface area (Å²) in [6.07, 6.45) is 1.76.